The van der Waals surface area contributed by atoms with E-state index in [2.05, 4.69) is 21.3 Å². The van der Waals surface area contributed by atoms with Crippen LogP contribution < -0.4 is 64.1 Å². The minimum Gasteiger partial charge on any atom is -0.484 e. The highest BCUT2D eigenvalue weighted by Gasteiger charge is 2.49. The molecule has 0 saturated heterocycles. The quantitative estimate of drug-likeness (QED) is 0.00322. The molecule has 130 heavy (non-hydrogen) atoms. The van der Waals surface area contributed by atoms with Crippen molar-refractivity contribution in [3.05, 3.63) is 175 Å². The number of halogens is 1. The second-order valence-electron chi connectivity index (χ2n) is 29.7. The van der Waals surface area contributed by atoms with E-state index in [1.165, 1.54) is 72.8 Å². The Hall–Kier alpha value is -8.12. The summed E-state index contributed by atoms with van der Waals surface area (Å²) in [7, 11) is 30.8. The molecule has 49 heteroatoms. The maximum Gasteiger partial charge on any atom is 0.335 e. The smallest absolute Gasteiger partial charge is 0.335 e. The van der Waals surface area contributed by atoms with Crippen LogP contribution in [-0.2, 0) is 56.7 Å². The van der Waals surface area contributed by atoms with Gasteiger partial charge in [-0.1, -0.05) is 19.9 Å². The SMILES string of the molecule is [B]SCOc1cc(C(=O)O)cc(OCI)c1CCCNC(=O)c1cc(C(=O)NCCCc2c(OCS[B])cc(C(=O)O)cc2OCS[B])c2c(c1)[N+](CCCS(=O)(=O)O)=C(/C=C/C=C1/N(CCCS(=O)(=O)O)c3cc(C(=O)NCCCc4c(OCS[B])cc(C(=O)O)cc4OCS[B])cc(C(=O)NCCCc4c(OCS[B])cc(C(=O)O)cc4OCS[B])c3C1(C)C)C2(C)C. The molecule has 0 aromatic heterocycles. The van der Waals surface area contributed by atoms with Crippen molar-refractivity contribution in [2.24, 2.45) is 0 Å². The van der Waals surface area contributed by atoms with Crippen molar-refractivity contribution >= 4 is 239 Å². The molecule has 14 radical (unpaired) electrons. The summed E-state index contributed by atoms with van der Waals surface area (Å²) < 4.78 is 120. The number of allylic oxidation sites excluding steroid dienone is 4. The molecular formula is C81H89B7IN6O26S9+. The van der Waals surface area contributed by atoms with Crippen LogP contribution in [0.4, 0.5) is 11.4 Å². The lowest BCUT2D eigenvalue weighted by Crippen LogP contribution is -2.32. The Kier molecular flexibility index (Phi) is 42.4. The highest BCUT2D eigenvalue weighted by atomic mass is 127. The van der Waals surface area contributed by atoms with Gasteiger partial charge in [0, 0.05) is 113 Å². The number of nitrogens with zero attached hydrogens (tertiary/aromatic N) is 2. The molecular weight excluding hydrogens is 1960 g/mol. The van der Waals surface area contributed by atoms with Gasteiger partial charge in [0.1, 0.15) is 98.7 Å². The summed E-state index contributed by atoms with van der Waals surface area (Å²) in [4.78, 5) is 112. The van der Waals surface area contributed by atoms with Gasteiger partial charge in [-0.25, -0.2) is 19.2 Å². The van der Waals surface area contributed by atoms with E-state index in [4.69, 9.17) is 87.8 Å². The molecule has 6 aromatic rings. The van der Waals surface area contributed by atoms with Crippen LogP contribution in [0.1, 0.15) is 182 Å². The first-order valence-electron chi connectivity index (χ1n) is 39.5. The number of carboxylic acid groups (broad SMARTS) is 4. The van der Waals surface area contributed by atoms with Crippen molar-refractivity contribution in [2.45, 2.75) is 103 Å². The van der Waals surface area contributed by atoms with Crippen LogP contribution in [0.15, 0.2) is 96.7 Å². The average Bonchev–Trinajstić information content (AvgIpc) is 1.57. The van der Waals surface area contributed by atoms with Gasteiger partial charge in [-0.15, -0.1) is 0 Å². The standard InChI is InChI=1S/C81H88B7IN6O26S9/c1-80(2)68(94(22-10-24-129(108,109)110)58-28-46(72(96)90-18-6-12-52-60(114-38-89)30-48(76(100)101)31-61(52)115-39-122-82)26-56(70(58)80)74(98)92-20-8-14-54-64(118-42-125-85)34-50(78(104)105)35-65(54)119-43-126-86)16-5-17-69-81(3,4)71-57(75(99)93-21-9-15-55-66(120-44-127-87)36-51(79(106)107)37-67(55)121-45-128-88)27-47(29-59(71)95(69)23-11-25-130(111,112)113)73(97)91-19-7-13-53-62(116-40-123-83)32-49(77(102)103)33-63(53)117-41-124-84/h5,16-17,26-37H,6-15,18-25,38-45H2,1-4H3,(H9-,90,91,92,93,96,97,98,99,100,101,102,103,104,105,106,107,108,109,110,111,112,113)/p+1. The van der Waals surface area contributed by atoms with E-state index in [1.807, 2.05) is 22.6 Å². The number of nitrogens with one attached hydrogen (secondary N) is 4. The van der Waals surface area contributed by atoms with Gasteiger partial charge in [0.25, 0.3) is 43.9 Å². The van der Waals surface area contributed by atoms with Crippen molar-refractivity contribution in [1.29, 1.82) is 0 Å². The van der Waals surface area contributed by atoms with E-state index < -0.39 is 90.1 Å². The topological polar surface area (TPSA) is 454 Å². The molecule has 6 aromatic carbocycles. The van der Waals surface area contributed by atoms with Crippen LogP contribution in [0.5, 0.6) is 46.0 Å². The Morgan fingerprint density at radius 3 is 1.04 bits per heavy atom. The van der Waals surface area contributed by atoms with Gasteiger partial charge in [-0.2, -0.15) is 103 Å². The molecule has 0 saturated carbocycles. The highest BCUT2D eigenvalue weighted by Crippen LogP contribution is 2.51. The highest BCUT2D eigenvalue weighted by molar-refractivity contribution is 14.1. The van der Waals surface area contributed by atoms with Crippen LogP contribution in [0, 0.1) is 0 Å². The summed E-state index contributed by atoms with van der Waals surface area (Å²) in [6.45, 7) is 6.63. The zero-order chi connectivity index (χ0) is 95.2. The van der Waals surface area contributed by atoms with Crippen molar-refractivity contribution in [2.75, 3.05) is 102 Å². The lowest BCUT2D eigenvalue weighted by Gasteiger charge is -2.27. The molecule has 10 N–H and O–H groups in total. The van der Waals surface area contributed by atoms with Crippen LogP contribution >= 0.6 is 104 Å². The number of aromatic carboxylic acids is 4. The molecule has 0 atom stereocenters. The van der Waals surface area contributed by atoms with Crippen LogP contribution in [0.3, 0.4) is 0 Å². The molecule has 2 aliphatic heterocycles. The van der Waals surface area contributed by atoms with Gasteiger partial charge in [0.2, 0.25) is 5.69 Å². The zero-order valence-electron chi connectivity index (χ0n) is 70.9. The normalized spacial score (nSPS) is 13.4. The summed E-state index contributed by atoms with van der Waals surface area (Å²) in [5.41, 5.74) is 0.495. The fourth-order valence-electron chi connectivity index (χ4n) is 14.9. The van der Waals surface area contributed by atoms with Crippen LogP contribution in [0.25, 0.3) is 0 Å². The number of carbonyl (C=O) groups is 8. The molecule has 0 bridgehead atoms. The first-order valence-corrected chi connectivity index (χ1v) is 51.6. The third-order valence-corrected chi connectivity index (χ3v) is 24.1. The summed E-state index contributed by atoms with van der Waals surface area (Å²) in [5.74, 6) is -8.52. The molecule has 4 amide bonds. The molecule has 0 fully saturated rings. The van der Waals surface area contributed by atoms with E-state index in [-0.39, 0.29) is 252 Å². The number of hydrogen-bond acceptors (Lipinski definition) is 28. The number of rotatable bonds is 57. The van der Waals surface area contributed by atoms with Gasteiger partial charge < -0.3 is 84.5 Å². The third-order valence-electron chi connectivity index (χ3n) is 20.4. The number of hydrogen-bond donors (Lipinski definition) is 10. The number of ether oxygens (including phenoxy) is 8. The number of fused-ring (bicyclic) bond motifs is 2. The summed E-state index contributed by atoms with van der Waals surface area (Å²) in [5, 5.41) is 51.8. The van der Waals surface area contributed by atoms with E-state index in [9.17, 15) is 75.1 Å². The van der Waals surface area contributed by atoms with E-state index in [0.717, 1.165) is 81.3 Å². The zero-order valence-corrected chi connectivity index (χ0v) is 80.4. The van der Waals surface area contributed by atoms with Crippen LogP contribution in [-0.4, -0.2) is 251 Å². The van der Waals surface area contributed by atoms with Gasteiger partial charge >= 0.3 is 23.9 Å². The monoisotopic (exact) mass is 2050 g/mol. The van der Waals surface area contributed by atoms with E-state index in [1.54, 1.807) is 55.4 Å². The molecule has 2 aliphatic rings. The molecule has 0 aliphatic carbocycles. The Labute approximate surface area is 805 Å². The summed E-state index contributed by atoms with van der Waals surface area (Å²) in [6.07, 6.45) is 5.90. The third kappa shape index (κ3) is 29.7. The molecule has 680 valence electrons. The predicted molar refractivity (Wildman–Crippen MR) is 523 cm³/mol. The molecule has 2 heterocycles. The number of carboxylic acids is 4. The number of carbonyl (C=O) groups excluding carboxylic acids is 4. The lowest BCUT2D eigenvalue weighted by atomic mass is 9.78. The van der Waals surface area contributed by atoms with Gasteiger partial charge in [0.05, 0.1) is 50.3 Å². The van der Waals surface area contributed by atoms with Crippen molar-refractivity contribution in [1.82, 2.24) is 21.3 Å². The first kappa shape index (κ1) is 107. The molecule has 0 unspecified atom stereocenters. The summed E-state index contributed by atoms with van der Waals surface area (Å²) >= 11 is 7.86. The molecule has 32 nitrogen and oxygen atoms in total. The van der Waals surface area contributed by atoms with E-state index in [0.29, 0.717) is 44.8 Å². The van der Waals surface area contributed by atoms with Crippen molar-refractivity contribution < 1.29 is 127 Å². The van der Waals surface area contributed by atoms with Crippen molar-refractivity contribution in [3.8, 4) is 46.0 Å². The van der Waals surface area contributed by atoms with Gasteiger partial charge in [0.15, 0.2) is 55.6 Å². The Bertz CT molecular complexity index is 5390. The Morgan fingerprint density at radius 2 is 0.723 bits per heavy atom. The first-order chi connectivity index (χ1) is 61.9. The molecule has 0 spiro atoms. The summed E-state index contributed by atoms with van der Waals surface area (Å²) in [6, 6.07) is 16.5. The lowest BCUT2D eigenvalue weighted by molar-refractivity contribution is -0.437. The maximum absolute atomic E-state index is 15.4. The number of benzene rings is 6. The average molecular weight is 2050 g/mol. The number of amides is 4. The number of anilines is 1. The van der Waals surface area contributed by atoms with E-state index >= 15 is 9.59 Å². The fraction of sp³-hybridized carbons (Fsp3) is 0.395. The van der Waals surface area contributed by atoms with Crippen LogP contribution in [0.2, 0.25) is 0 Å². The fourth-order valence-corrected chi connectivity index (χ4v) is 17.6. The minimum absolute atomic E-state index is 0.0128. The second-order valence-corrected chi connectivity index (χ2v) is 37.4. The Balaban J connectivity index is 1.25. The maximum atomic E-state index is 15.4. The van der Waals surface area contributed by atoms with Gasteiger partial charge in [-0.3, -0.25) is 28.3 Å². The number of alkyl halides is 1. The predicted octanol–water partition coefficient (Wildman–Crippen LogP) is 10.9. The Morgan fingerprint density at radius 1 is 0.415 bits per heavy atom. The minimum atomic E-state index is -4.63. The van der Waals surface area contributed by atoms with Crippen molar-refractivity contribution in [3.63, 3.8) is 0 Å². The largest absolute Gasteiger partial charge is 0.484 e. The van der Waals surface area contributed by atoms with Gasteiger partial charge in [-0.05, 0) is 167 Å². The molecule has 8 rings (SSSR count). The second kappa shape index (κ2) is 51.4.